The van der Waals surface area contributed by atoms with Crippen LogP contribution < -0.4 is 10.1 Å². The van der Waals surface area contributed by atoms with E-state index in [0.29, 0.717) is 6.54 Å². The van der Waals surface area contributed by atoms with Crippen LogP contribution in [-0.4, -0.2) is 11.6 Å². The van der Waals surface area contributed by atoms with Crippen LogP contribution in [0.2, 0.25) is 0 Å². The number of aromatic amines is 1. The van der Waals surface area contributed by atoms with Crippen molar-refractivity contribution in [1.82, 2.24) is 10.3 Å². The molecule has 0 amide bonds. The molecular formula is C14H16F2N2O. The highest BCUT2D eigenvalue weighted by atomic mass is 19.3. The largest absolute Gasteiger partial charge is 0.435 e. The average molecular weight is 266 g/mol. The highest BCUT2D eigenvalue weighted by Crippen LogP contribution is 2.20. The van der Waals surface area contributed by atoms with Crippen molar-refractivity contribution in [3.63, 3.8) is 0 Å². The molecule has 3 nitrogen and oxygen atoms in total. The first-order valence-electron chi connectivity index (χ1n) is 6.05. The van der Waals surface area contributed by atoms with Gasteiger partial charge in [-0.15, -0.1) is 0 Å². The summed E-state index contributed by atoms with van der Waals surface area (Å²) in [6.07, 6.45) is 1.86. The van der Waals surface area contributed by atoms with E-state index in [2.05, 4.69) is 15.0 Å². The van der Waals surface area contributed by atoms with Crippen LogP contribution >= 0.6 is 0 Å². The summed E-state index contributed by atoms with van der Waals surface area (Å²) in [5, 5.41) is 3.31. The third-order valence-electron chi connectivity index (χ3n) is 2.84. The SMILES string of the molecule is CC(NCc1ccc[nH]1)c1cccc(OC(F)F)c1. The molecule has 0 spiro atoms. The molecule has 2 aromatic rings. The topological polar surface area (TPSA) is 37.0 Å². The van der Waals surface area contributed by atoms with Gasteiger partial charge in [0.05, 0.1) is 0 Å². The molecule has 2 N–H and O–H groups in total. The summed E-state index contributed by atoms with van der Waals surface area (Å²) in [6.45, 7) is -0.129. The third kappa shape index (κ3) is 4.06. The van der Waals surface area contributed by atoms with Crippen LogP contribution in [0.5, 0.6) is 5.75 Å². The van der Waals surface area contributed by atoms with E-state index in [1.807, 2.05) is 31.3 Å². The molecule has 0 fully saturated rings. The summed E-state index contributed by atoms with van der Waals surface area (Å²) < 4.78 is 28.7. The summed E-state index contributed by atoms with van der Waals surface area (Å²) in [5.74, 6) is 0.182. The zero-order valence-electron chi connectivity index (χ0n) is 10.6. The molecule has 0 aliphatic rings. The Kier molecular flexibility index (Phi) is 4.52. The minimum absolute atomic E-state index is 0.0459. The molecule has 1 atom stereocenters. The van der Waals surface area contributed by atoms with Gasteiger partial charge >= 0.3 is 6.61 Å². The number of rotatable bonds is 6. The quantitative estimate of drug-likeness (QED) is 0.840. The number of H-pyrrole nitrogens is 1. The normalized spacial score (nSPS) is 12.6. The van der Waals surface area contributed by atoms with E-state index in [-0.39, 0.29) is 11.8 Å². The zero-order chi connectivity index (χ0) is 13.7. The fraction of sp³-hybridized carbons (Fsp3) is 0.286. The number of nitrogens with one attached hydrogen (secondary N) is 2. The van der Waals surface area contributed by atoms with Gasteiger partial charge in [0.15, 0.2) is 0 Å². The highest BCUT2D eigenvalue weighted by Gasteiger charge is 2.09. The van der Waals surface area contributed by atoms with E-state index >= 15 is 0 Å². The molecule has 0 aliphatic heterocycles. The lowest BCUT2D eigenvalue weighted by molar-refractivity contribution is -0.0499. The molecule has 19 heavy (non-hydrogen) atoms. The molecule has 0 bridgehead atoms. The van der Waals surface area contributed by atoms with E-state index in [1.165, 1.54) is 6.07 Å². The van der Waals surface area contributed by atoms with E-state index in [9.17, 15) is 8.78 Å². The van der Waals surface area contributed by atoms with Crippen molar-refractivity contribution in [2.45, 2.75) is 26.1 Å². The number of ether oxygens (including phenoxy) is 1. The smallest absolute Gasteiger partial charge is 0.387 e. The van der Waals surface area contributed by atoms with Crippen LogP contribution in [0.1, 0.15) is 24.2 Å². The number of aromatic nitrogens is 1. The number of alkyl halides is 2. The summed E-state index contributed by atoms with van der Waals surface area (Å²) in [5.41, 5.74) is 1.98. The molecule has 1 aromatic heterocycles. The van der Waals surface area contributed by atoms with Gasteiger partial charge in [-0.3, -0.25) is 0 Å². The van der Waals surface area contributed by atoms with Gasteiger partial charge in [-0.25, -0.2) is 0 Å². The molecular weight excluding hydrogens is 250 g/mol. The van der Waals surface area contributed by atoms with Gasteiger partial charge in [-0.1, -0.05) is 12.1 Å². The van der Waals surface area contributed by atoms with Crippen LogP contribution in [0, 0.1) is 0 Å². The molecule has 0 aliphatic carbocycles. The molecule has 2 rings (SSSR count). The number of benzene rings is 1. The minimum Gasteiger partial charge on any atom is -0.435 e. The Morgan fingerprint density at radius 2 is 2.11 bits per heavy atom. The van der Waals surface area contributed by atoms with E-state index in [0.717, 1.165) is 11.3 Å². The Morgan fingerprint density at radius 1 is 1.26 bits per heavy atom. The Hall–Kier alpha value is -1.88. The first kappa shape index (κ1) is 13.5. The molecule has 0 radical (unpaired) electrons. The van der Waals surface area contributed by atoms with Crippen molar-refractivity contribution in [3.8, 4) is 5.75 Å². The van der Waals surface area contributed by atoms with E-state index < -0.39 is 6.61 Å². The van der Waals surface area contributed by atoms with Crippen LogP contribution in [0.15, 0.2) is 42.6 Å². The Bertz CT molecular complexity index is 500. The Labute approximate surface area is 110 Å². The maximum absolute atomic E-state index is 12.1. The van der Waals surface area contributed by atoms with E-state index in [1.54, 1.807) is 12.1 Å². The second kappa shape index (κ2) is 6.33. The van der Waals surface area contributed by atoms with Crippen molar-refractivity contribution in [2.24, 2.45) is 0 Å². The number of hydrogen-bond acceptors (Lipinski definition) is 2. The van der Waals surface area contributed by atoms with Crippen molar-refractivity contribution < 1.29 is 13.5 Å². The number of halogens is 2. The van der Waals surface area contributed by atoms with E-state index in [4.69, 9.17) is 0 Å². The second-order valence-electron chi connectivity index (χ2n) is 4.25. The van der Waals surface area contributed by atoms with Gasteiger partial charge in [-0.2, -0.15) is 8.78 Å². The lowest BCUT2D eigenvalue weighted by Crippen LogP contribution is -2.18. The van der Waals surface area contributed by atoms with Crippen LogP contribution in [-0.2, 0) is 6.54 Å². The maximum Gasteiger partial charge on any atom is 0.387 e. The fourth-order valence-corrected chi connectivity index (χ4v) is 1.82. The van der Waals surface area contributed by atoms with Gasteiger partial charge in [0.2, 0.25) is 0 Å². The predicted octanol–water partition coefficient (Wildman–Crippen LogP) is 3.47. The molecule has 1 unspecified atom stereocenters. The molecule has 1 aromatic carbocycles. The zero-order valence-corrected chi connectivity index (χ0v) is 10.6. The lowest BCUT2D eigenvalue weighted by atomic mass is 10.1. The van der Waals surface area contributed by atoms with Gasteiger partial charge < -0.3 is 15.0 Å². The van der Waals surface area contributed by atoms with Crippen LogP contribution in [0.25, 0.3) is 0 Å². The Morgan fingerprint density at radius 3 is 2.79 bits per heavy atom. The molecule has 102 valence electrons. The first-order valence-corrected chi connectivity index (χ1v) is 6.05. The summed E-state index contributed by atoms with van der Waals surface area (Å²) >= 11 is 0. The van der Waals surface area contributed by atoms with Crippen molar-refractivity contribution in [3.05, 3.63) is 53.9 Å². The monoisotopic (exact) mass is 266 g/mol. The standard InChI is InChI=1S/C14H16F2N2O/c1-10(18-9-12-5-3-7-17-12)11-4-2-6-13(8-11)19-14(15)16/h2-8,10,14,17-18H,9H2,1H3. The molecule has 1 heterocycles. The van der Waals surface area contributed by atoms with Gasteiger partial charge in [0.1, 0.15) is 5.75 Å². The van der Waals surface area contributed by atoms with Gasteiger partial charge in [-0.05, 0) is 36.8 Å². The van der Waals surface area contributed by atoms with Crippen LogP contribution in [0.4, 0.5) is 8.78 Å². The number of hydrogen-bond donors (Lipinski definition) is 2. The highest BCUT2D eigenvalue weighted by molar-refractivity contribution is 5.30. The minimum atomic E-state index is -2.79. The second-order valence-corrected chi connectivity index (χ2v) is 4.25. The maximum atomic E-state index is 12.1. The average Bonchev–Trinajstić information content (AvgIpc) is 2.88. The van der Waals surface area contributed by atoms with Crippen molar-refractivity contribution in [1.29, 1.82) is 0 Å². The summed E-state index contributed by atoms with van der Waals surface area (Å²) in [6, 6.07) is 10.7. The molecule has 0 saturated heterocycles. The molecule has 5 heteroatoms. The van der Waals surface area contributed by atoms with Crippen LogP contribution in [0.3, 0.4) is 0 Å². The van der Waals surface area contributed by atoms with Crippen molar-refractivity contribution in [2.75, 3.05) is 0 Å². The first-order chi connectivity index (χ1) is 9.15. The van der Waals surface area contributed by atoms with Gasteiger partial charge in [0.25, 0.3) is 0 Å². The predicted molar refractivity (Wildman–Crippen MR) is 69.1 cm³/mol. The lowest BCUT2D eigenvalue weighted by Gasteiger charge is -2.15. The molecule has 0 saturated carbocycles. The van der Waals surface area contributed by atoms with Gasteiger partial charge in [0, 0.05) is 24.5 Å². The summed E-state index contributed by atoms with van der Waals surface area (Å²) in [4.78, 5) is 3.10. The van der Waals surface area contributed by atoms with Crippen molar-refractivity contribution >= 4 is 0 Å². The fourth-order valence-electron chi connectivity index (χ4n) is 1.82. The third-order valence-corrected chi connectivity index (χ3v) is 2.84. The Balaban J connectivity index is 1.96. The summed E-state index contributed by atoms with van der Waals surface area (Å²) in [7, 11) is 0.